The van der Waals surface area contributed by atoms with Crippen LogP contribution in [-0.2, 0) is 18.3 Å². The Bertz CT molecular complexity index is 593. The fourth-order valence-corrected chi connectivity index (χ4v) is 2.18. The van der Waals surface area contributed by atoms with Gasteiger partial charge in [-0.2, -0.15) is 0 Å². The van der Waals surface area contributed by atoms with Gasteiger partial charge >= 0.3 is 0 Å². The number of para-hydroxylation sites is 2. The van der Waals surface area contributed by atoms with Crippen molar-refractivity contribution in [3.63, 3.8) is 0 Å². The normalized spacial score (nSPS) is 17.3. The van der Waals surface area contributed by atoms with Crippen molar-refractivity contribution >= 4 is 16.8 Å². The summed E-state index contributed by atoms with van der Waals surface area (Å²) < 4.78 is 2.03. The van der Waals surface area contributed by atoms with Gasteiger partial charge in [-0.05, 0) is 25.0 Å². The zero-order valence-electron chi connectivity index (χ0n) is 10.2. The molecule has 0 radical (unpaired) electrons. The predicted molar refractivity (Wildman–Crippen MR) is 66.8 cm³/mol. The fourth-order valence-electron chi connectivity index (χ4n) is 2.18. The van der Waals surface area contributed by atoms with Crippen molar-refractivity contribution < 1.29 is 4.79 Å². The van der Waals surface area contributed by atoms with E-state index in [0.717, 1.165) is 29.7 Å². The lowest BCUT2D eigenvalue weighted by molar-refractivity contribution is -0.123. The summed E-state index contributed by atoms with van der Waals surface area (Å²) in [5.41, 5.74) is 2.01. The predicted octanol–water partition coefficient (Wildman–Crippen LogP) is 2.49. The van der Waals surface area contributed by atoms with Gasteiger partial charge in [0.1, 0.15) is 11.6 Å². The molecule has 0 aliphatic heterocycles. The second-order valence-corrected chi connectivity index (χ2v) is 5.24. The number of aromatic nitrogens is 2. The van der Waals surface area contributed by atoms with E-state index in [9.17, 15) is 4.79 Å². The van der Waals surface area contributed by atoms with E-state index < -0.39 is 0 Å². The molecule has 1 aromatic carbocycles. The molecule has 1 saturated carbocycles. The molecule has 0 atom stereocenters. The number of carbonyl (C=O) groups is 1. The van der Waals surface area contributed by atoms with Gasteiger partial charge in [0.2, 0.25) is 0 Å². The average Bonchev–Trinajstić information content (AvgIpc) is 3.00. The van der Waals surface area contributed by atoms with Crippen LogP contribution in [0.5, 0.6) is 0 Å². The number of hydrogen-bond donors (Lipinski definition) is 0. The van der Waals surface area contributed by atoms with Gasteiger partial charge in [0.15, 0.2) is 0 Å². The summed E-state index contributed by atoms with van der Waals surface area (Å²) in [4.78, 5) is 16.6. The molecule has 1 aliphatic rings. The minimum absolute atomic E-state index is 0.0574. The van der Waals surface area contributed by atoms with Crippen LogP contribution in [0.2, 0.25) is 0 Å². The van der Waals surface area contributed by atoms with Crippen molar-refractivity contribution in [3.8, 4) is 0 Å². The molecule has 1 aromatic heterocycles. The lowest BCUT2D eigenvalue weighted by Gasteiger charge is -2.06. The van der Waals surface area contributed by atoms with Gasteiger partial charge in [-0.1, -0.05) is 19.1 Å². The Labute approximate surface area is 100 Å². The molecule has 0 bridgehead atoms. The van der Waals surface area contributed by atoms with Crippen LogP contribution in [0.3, 0.4) is 0 Å². The third-order valence-electron chi connectivity index (χ3n) is 3.87. The molecule has 0 spiro atoms. The van der Waals surface area contributed by atoms with E-state index in [1.807, 2.05) is 35.9 Å². The second kappa shape index (κ2) is 3.42. The van der Waals surface area contributed by atoms with Crippen LogP contribution in [0.15, 0.2) is 24.3 Å². The number of carbonyl (C=O) groups excluding carboxylic acids is 1. The van der Waals surface area contributed by atoms with Gasteiger partial charge in [0.25, 0.3) is 0 Å². The smallest absolute Gasteiger partial charge is 0.146 e. The molecular weight excluding hydrogens is 212 g/mol. The standard InChI is InChI=1S/C14H16N2O/c1-14(7-8-14)12(17)9-13-15-10-5-3-4-6-11(10)16(13)2/h3-6H,7-9H2,1-2H3. The molecule has 0 N–H and O–H groups in total. The highest BCUT2D eigenvalue weighted by molar-refractivity contribution is 5.89. The molecule has 0 unspecified atom stereocenters. The first-order chi connectivity index (χ1) is 8.10. The van der Waals surface area contributed by atoms with Crippen LogP contribution in [-0.4, -0.2) is 15.3 Å². The number of benzene rings is 1. The molecule has 0 amide bonds. The number of ketones is 1. The minimum atomic E-state index is -0.0574. The molecule has 1 heterocycles. The lowest BCUT2D eigenvalue weighted by Crippen LogP contribution is -2.16. The van der Waals surface area contributed by atoms with Crippen molar-refractivity contribution in [2.24, 2.45) is 12.5 Å². The molecule has 1 fully saturated rings. The molecule has 3 nitrogen and oxygen atoms in total. The van der Waals surface area contributed by atoms with Gasteiger partial charge in [-0.15, -0.1) is 0 Å². The number of hydrogen-bond acceptors (Lipinski definition) is 2. The van der Waals surface area contributed by atoms with Crippen molar-refractivity contribution in [2.45, 2.75) is 26.2 Å². The summed E-state index contributed by atoms with van der Waals surface area (Å²) in [6.07, 6.45) is 2.53. The highest BCUT2D eigenvalue weighted by atomic mass is 16.1. The Kier molecular flexibility index (Phi) is 2.12. The number of aryl methyl sites for hydroxylation is 1. The van der Waals surface area contributed by atoms with E-state index in [4.69, 9.17) is 0 Å². The summed E-state index contributed by atoms with van der Waals surface area (Å²) in [5, 5.41) is 0. The highest BCUT2D eigenvalue weighted by Gasteiger charge is 2.44. The van der Waals surface area contributed by atoms with Gasteiger partial charge in [0.05, 0.1) is 17.5 Å². The van der Waals surface area contributed by atoms with Gasteiger partial charge < -0.3 is 4.57 Å². The summed E-state index contributed by atoms with van der Waals surface area (Å²) in [7, 11) is 1.98. The van der Waals surface area contributed by atoms with Gasteiger partial charge in [0, 0.05) is 12.5 Å². The Morgan fingerprint density at radius 1 is 1.41 bits per heavy atom. The highest BCUT2D eigenvalue weighted by Crippen LogP contribution is 2.46. The topological polar surface area (TPSA) is 34.9 Å². The number of imidazole rings is 1. The summed E-state index contributed by atoms with van der Waals surface area (Å²) in [5.74, 6) is 1.21. The first-order valence-corrected chi connectivity index (χ1v) is 6.04. The molecule has 0 saturated heterocycles. The quantitative estimate of drug-likeness (QED) is 0.809. The Morgan fingerprint density at radius 3 is 2.76 bits per heavy atom. The van der Waals surface area contributed by atoms with Crippen molar-refractivity contribution in [3.05, 3.63) is 30.1 Å². The van der Waals surface area contributed by atoms with Crippen molar-refractivity contribution in [2.75, 3.05) is 0 Å². The minimum Gasteiger partial charge on any atom is -0.331 e. The Morgan fingerprint density at radius 2 is 2.12 bits per heavy atom. The zero-order chi connectivity index (χ0) is 12.0. The van der Waals surface area contributed by atoms with Crippen molar-refractivity contribution in [1.82, 2.24) is 9.55 Å². The molecular formula is C14H16N2O. The first kappa shape index (κ1) is 10.5. The van der Waals surface area contributed by atoms with E-state index in [1.165, 1.54) is 0 Å². The molecule has 2 aromatic rings. The largest absolute Gasteiger partial charge is 0.331 e. The van der Waals surface area contributed by atoms with Gasteiger partial charge in [-0.25, -0.2) is 4.98 Å². The zero-order valence-corrected chi connectivity index (χ0v) is 10.2. The van der Waals surface area contributed by atoms with Crippen LogP contribution in [0, 0.1) is 5.41 Å². The molecule has 1 aliphatic carbocycles. The number of rotatable bonds is 3. The van der Waals surface area contributed by atoms with E-state index >= 15 is 0 Å². The van der Waals surface area contributed by atoms with E-state index in [1.54, 1.807) is 0 Å². The summed E-state index contributed by atoms with van der Waals surface area (Å²) >= 11 is 0. The fraction of sp³-hybridized carbons (Fsp3) is 0.429. The maximum absolute atomic E-state index is 12.1. The van der Waals surface area contributed by atoms with Crippen LogP contribution < -0.4 is 0 Å². The van der Waals surface area contributed by atoms with Crippen LogP contribution in [0.1, 0.15) is 25.6 Å². The number of nitrogens with zero attached hydrogens (tertiary/aromatic N) is 2. The third kappa shape index (κ3) is 1.66. The number of fused-ring (bicyclic) bond motifs is 1. The lowest BCUT2D eigenvalue weighted by atomic mass is 10.0. The first-order valence-electron chi connectivity index (χ1n) is 6.04. The van der Waals surface area contributed by atoms with E-state index in [-0.39, 0.29) is 5.41 Å². The van der Waals surface area contributed by atoms with Crippen LogP contribution >= 0.6 is 0 Å². The third-order valence-corrected chi connectivity index (χ3v) is 3.87. The maximum Gasteiger partial charge on any atom is 0.146 e. The van der Waals surface area contributed by atoms with E-state index in [2.05, 4.69) is 11.9 Å². The second-order valence-electron chi connectivity index (χ2n) is 5.24. The monoisotopic (exact) mass is 228 g/mol. The average molecular weight is 228 g/mol. The van der Waals surface area contributed by atoms with Crippen LogP contribution in [0.4, 0.5) is 0 Å². The molecule has 3 heteroatoms. The van der Waals surface area contributed by atoms with Crippen LogP contribution in [0.25, 0.3) is 11.0 Å². The summed E-state index contributed by atoms with van der Waals surface area (Å²) in [6, 6.07) is 8.00. The SMILES string of the molecule is Cn1c(CC(=O)C2(C)CC2)nc2ccccc21. The molecule has 3 rings (SSSR count). The Hall–Kier alpha value is -1.64. The number of Topliss-reactive ketones (excluding diaryl/α,β-unsaturated/α-hetero) is 1. The summed E-state index contributed by atoms with van der Waals surface area (Å²) in [6.45, 7) is 2.05. The molecule has 88 valence electrons. The Balaban J connectivity index is 1.95. The molecule has 17 heavy (non-hydrogen) atoms. The maximum atomic E-state index is 12.1. The van der Waals surface area contributed by atoms with Gasteiger partial charge in [-0.3, -0.25) is 4.79 Å². The van der Waals surface area contributed by atoms with Crippen molar-refractivity contribution in [1.29, 1.82) is 0 Å². The van der Waals surface area contributed by atoms with E-state index in [0.29, 0.717) is 12.2 Å².